The van der Waals surface area contributed by atoms with Gasteiger partial charge in [-0.1, -0.05) is 96.6 Å². The molecule has 0 radical (unpaired) electrons. The Morgan fingerprint density at radius 1 is 0.831 bits per heavy atom. The molecule has 0 aliphatic carbocycles. The Balaban J connectivity index is 1.49. The molecule has 2 atom stereocenters. The van der Waals surface area contributed by atoms with Crippen LogP contribution in [-0.4, -0.2) is 104 Å². The van der Waals surface area contributed by atoms with E-state index < -0.39 is 41.6 Å². The van der Waals surface area contributed by atoms with Crippen LogP contribution in [0.1, 0.15) is 143 Å². The van der Waals surface area contributed by atoms with Crippen molar-refractivity contribution in [3.63, 3.8) is 0 Å². The number of alkyl carbamates (subject to hydrolysis) is 1. The third-order valence-corrected chi connectivity index (χ3v) is 11.2. The number of nitrogens with one attached hydrogen (secondary N) is 4. The number of carbonyl (C=O) groups is 5. The first-order chi connectivity index (χ1) is 31.1. The summed E-state index contributed by atoms with van der Waals surface area (Å²) >= 11 is 1.29. The van der Waals surface area contributed by atoms with E-state index in [-0.39, 0.29) is 55.1 Å². The van der Waals surface area contributed by atoms with E-state index in [9.17, 15) is 29.1 Å². The van der Waals surface area contributed by atoms with Gasteiger partial charge in [-0.15, -0.1) is 0 Å². The largest absolute Gasteiger partial charge is 0.480 e. The highest BCUT2D eigenvalue weighted by Gasteiger charge is 2.29. The van der Waals surface area contributed by atoms with Crippen LogP contribution in [0.5, 0.6) is 6.01 Å². The van der Waals surface area contributed by atoms with E-state index >= 15 is 0 Å². The fraction of sp³-hybridized carbons (Fsp3) is 0.652. The van der Waals surface area contributed by atoms with Gasteiger partial charge in [0.15, 0.2) is 17.0 Å². The van der Waals surface area contributed by atoms with Crippen LogP contribution in [0.25, 0.3) is 11.2 Å². The maximum Gasteiger partial charge on any atom is 0.408 e. The number of nitrogens with zero attached hydrogens (tertiary/aromatic N) is 4. The monoisotopic (exact) mass is 928 g/mol. The first kappa shape index (κ1) is 54.0. The lowest BCUT2D eigenvalue weighted by atomic mass is 10.1. The van der Waals surface area contributed by atoms with Crippen LogP contribution in [0.4, 0.5) is 22.2 Å². The highest BCUT2D eigenvalue weighted by Crippen LogP contribution is 2.26. The standard InChI is InChI=1S/C46H73N9O9S/c1-7-9-11-12-13-14-15-16-17-18-19-20-37(57)63-28-29-65-31-35(51-45(61)64-46(3,4)5)41(58)50-34(42(59)62-6)25-26-36(56)49-33-23-21-32(22-24-33)30-55-40-38(52-44(55)60)39(47)53-43(54-40)48-27-10-8-2/h21-24,34-35H,7-20,25-31H2,1-6H3,(H,49,56)(H,50,58)(H,51,61)(H,52,60)(H3,47,48,53,54)/t34-,35-/m0/s1. The van der Waals surface area contributed by atoms with E-state index in [0.717, 1.165) is 37.7 Å². The quantitative estimate of drug-likeness (QED) is 0.0206. The van der Waals surface area contributed by atoms with Crippen LogP contribution < -0.4 is 27.0 Å². The van der Waals surface area contributed by atoms with Gasteiger partial charge in [0.1, 0.15) is 24.3 Å². The molecule has 0 aliphatic heterocycles. The lowest BCUT2D eigenvalue weighted by Gasteiger charge is -2.24. The molecule has 19 heteroatoms. The minimum absolute atomic E-state index is 0.0847. The molecule has 2 heterocycles. The van der Waals surface area contributed by atoms with Crippen molar-refractivity contribution in [1.82, 2.24) is 30.2 Å². The Labute approximate surface area is 388 Å². The third-order valence-electron chi connectivity index (χ3n) is 10.2. The highest BCUT2D eigenvalue weighted by molar-refractivity contribution is 7.99. The van der Waals surface area contributed by atoms with Crippen molar-refractivity contribution in [1.29, 1.82) is 0 Å². The van der Waals surface area contributed by atoms with Crippen molar-refractivity contribution in [3.8, 4) is 6.01 Å². The summed E-state index contributed by atoms with van der Waals surface area (Å²) in [6.45, 7) is 10.4. The molecule has 3 rings (SSSR count). The average molecular weight is 928 g/mol. The lowest BCUT2D eigenvalue weighted by molar-refractivity contribution is -0.145. The Hall–Kier alpha value is -5.33. The van der Waals surface area contributed by atoms with E-state index in [4.69, 9.17) is 19.9 Å². The number of aromatic hydroxyl groups is 1. The number of rotatable bonds is 31. The fourth-order valence-corrected chi connectivity index (χ4v) is 7.54. The number of thioether (sulfide) groups is 1. The van der Waals surface area contributed by atoms with Gasteiger partial charge in [-0.05, 0) is 57.7 Å². The zero-order valence-electron chi connectivity index (χ0n) is 39.3. The van der Waals surface area contributed by atoms with Crippen molar-refractivity contribution >= 4 is 70.2 Å². The fourth-order valence-electron chi connectivity index (χ4n) is 6.70. The number of hydrogen-bond acceptors (Lipinski definition) is 15. The summed E-state index contributed by atoms with van der Waals surface area (Å²) in [6, 6.07) is 4.31. The predicted octanol–water partition coefficient (Wildman–Crippen LogP) is 7.62. The summed E-state index contributed by atoms with van der Waals surface area (Å²) in [5, 5.41) is 21.7. The van der Waals surface area contributed by atoms with E-state index in [2.05, 4.69) is 50.1 Å². The molecule has 362 valence electrons. The van der Waals surface area contributed by atoms with Gasteiger partial charge in [-0.25, -0.2) is 9.59 Å². The maximum atomic E-state index is 13.6. The second-order valence-electron chi connectivity index (χ2n) is 17.0. The minimum atomic E-state index is -1.21. The van der Waals surface area contributed by atoms with Crippen LogP contribution in [0.2, 0.25) is 0 Å². The molecular weight excluding hydrogens is 855 g/mol. The number of nitrogens with two attached hydrogens (primary N) is 1. The van der Waals surface area contributed by atoms with Gasteiger partial charge in [-0.2, -0.15) is 26.7 Å². The topological polar surface area (TPSA) is 251 Å². The number of methoxy groups -OCH3 is 1. The number of fused-ring (bicyclic) bond motifs is 1. The summed E-state index contributed by atoms with van der Waals surface area (Å²) in [5.74, 6) is -1.21. The molecular formula is C46H73N9O9S. The van der Waals surface area contributed by atoms with Crippen LogP contribution in [0, 0.1) is 0 Å². The zero-order valence-corrected chi connectivity index (χ0v) is 40.1. The summed E-state index contributed by atoms with van der Waals surface area (Å²) in [6.07, 6.45) is 14.3. The van der Waals surface area contributed by atoms with Gasteiger partial charge in [0, 0.05) is 36.6 Å². The van der Waals surface area contributed by atoms with Crippen LogP contribution in [0.15, 0.2) is 24.3 Å². The number of amides is 3. The molecule has 2 aromatic heterocycles. The second-order valence-corrected chi connectivity index (χ2v) is 18.2. The number of hydrogen-bond donors (Lipinski definition) is 6. The number of nitrogen functional groups attached to an aromatic ring is 1. The summed E-state index contributed by atoms with van der Waals surface area (Å²) in [5.41, 5.74) is 7.17. The lowest BCUT2D eigenvalue weighted by Crippen LogP contribution is -2.53. The number of carbonyl (C=O) groups excluding carboxylic acids is 5. The minimum Gasteiger partial charge on any atom is -0.480 e. The first-order valence-electron chi connectivity index (χ1n) is 23.1. The van der Waals surface area contributed by atoms with E-state index in [1.807, 2.05) is 0 Å². The van der Waals surface area contributed by atoms with Crippen molar-refractivity contribution in [2.24, 2.45) is 0 Å². The van der Waals surface area contributed by atoms with Crippen LogP contribution >= 0.6 is 11.8 Å². The number of aromatic nitrogens is 4. The molecule has 0 fully saturated rings. The van der Waals surface area contributed by atoms with Gasteiger partial charge in [0.05, 0.1) is 13.7 Å². The number of esters is 2. The number of unbranched alkanes of at least 4 members (excludes halogenated alkanes) is 11. The Bertz CT molecular complexity index is 1940. The maximum absolute atomic E-state index is 13.6. The zero-order chi connectivity index (χ0) is 47.6. The van der Waals surface area contributed by atoms with Crippen LogP contribution in [0.3, 0.4) is 0 Å². The van der Waals surface area contributed by atoms with Crippen molar-refractivity contribution in [3.05, 3.63) is 29.8 Å². The molecule has 0 saturated carbocycles. The van der Waals surface area contributed by atoms with Crippen molar-refractivity contribution in [2.75, 3.05) is 48.1 Å². The van der Waals surface area contributed by atoms with Crippen molar-refractivity contribution < 1.29 is 43.3 Å². The number of benzene rings is 1. The van der Waals surface area contributed by atoms with Crippen LogP contribution in [-0.2, 0) is 39.9 Å². The van der Waals surface area contributed by atoms with Gasteiger partial charge in [0.2, 0.25) is 17.8 Å². The number of anilines is 3. The first-order valence-corrected chi connectivity index (χ1v) is 24.3. The average Bonchev–Trinajstić information content (AvgIpc) is 3.57. The summed E-state index contributed by atoms with van der Waals surface area (Å²) < 4.78 is 17.2. The number of imidazole rings is 1. The van der Waals surface area contributed by atoms with Gasteiger partial charge < -0.3 is 46.3 Å². The molecule has 0 aliphatic rings. The van der Waals surface area contributed by atoms with E-state index in [1.165, 1.54) is 74.8 Å². The SMILES string of the molecule is CCCCCCCCCCCCCC(=O)OCCSC[C@H](NC(=O)OC(C)(C)C)C(=O)N[C@@H](CCC(=O)Nc1ccc(Cn2c(O)nc3c(N)nc(NCCCC)nc32)cc1)C(=O)OC. The predicted molar refractivity (Wildman–Crippen MR) is 255 cm³/mol. The summed E-state index contributed by atoms with van der Waals surface area (Å²) in [7, 11) is 1.17. The Kier molecular flexibility index (Phi) is 24.3. The molecule has 3 aromatic rings. The van der Waals surface area contributed by atoms with Gasteiger partial charge in [0.25, 0.3) is 6.01 Å². The second kappa shape index (κ2) is 29.3. The van der Waals surface area contributed by atoms with E-state index in [1.54, 1.807) is 45.0 Å². The molecule has 0 saturated heterocycles. The molecule has 18 nitrogen and oxygen atoms in total. The van der Waals surface area contributed by atoms with Gasteiger partial charge in [-0.3, -0.25) is 19.0 Å². The Morgan fingerprint density at radius 3 is 2.11 bits per heavy atom. The molecule has 0 bridgehead atoms. The number of ether oxygens (including phenoxy) is 3. The molecule has 7 N–H and O–H groups in total. The molecule has 65 heavy (non-hydrogen) atoms. The highest BCUT2D eigenvalue weighted by atomic mass is 32.2. The van der Waals surface area contributed by atoms with E-state index in [0.29, 0.717) is 36.0 Å². The molecule has 0 spiro atoms. The Morgan fingerprint density at radius 2 is 1.48 bits per heavy atom. The third kappa shape index (κ3) is 21.0. The smallest absolute Gasteiger partial charge is 0.408 e. The molecule has 1 aromatic carbocycles. The molecule has 0 unspecified atom stereocenters. The molecule has 3 amide bonds. The van der Waals surface area contributed by atoms with Gasteiger partial charge >= 0.3 is 18.0 Å². The normalized spacial score (nSPS) is 12.3. The summed E-state index contributed by atoms with van der Waals surface area (Å²) in [4.78, 5) is 77.4. The van der Waals surface area contributed by atoms with Crippen molar-refractivity contribution in [2.45, 2.75) is 162 Å².